The predicted molar refractivity (Wildman–Crippen MR) is 75.5 cm³/mol. The third-order valence-corrected chi connectivity index (χ3v) is 3.41. The van der Waals surface area contributed by atoms with Crippen LogP contribution in [0.15, 0.2) is 36.8 Å². The van der Waals surface area contributed by atoms with Gasteiger partial charge in [-0.15, -0.1) is 0 Å². The van der Waals surface area contributed by atoms with Crippen LogP contribution in [-0.2, 0) is 13.5 Å². The summed E-state index contributed by atoms with van der Waals surface area (Å²) in [5.41, 5.74) is 3.26. The predicted octanol–water partition coefficient (Wildman–Crippen LogP) is 2.10. The number of rotatable bonds is 3. The SMILES string of the molecule is Cc1nc2cc(C(=O)Cc3ccncn3)ccc2n1C. The van der Waals surface area contributed by atoms with E-state index >= 15 is 0 Å². The zero-order valence-electron chi connectivity index (χ0n) is 11.4. The number of ketones is 1. The summed E-state index contributed by atoms with van der Waals surface area (Å²) in [7, 11) is 1.97. The number of carbonyl (C=O) groups is 1. The van der Waals surface area contributed by atoms with Gasteiger partial charge in [-0.25, -0.2) is 15.0 Å². The van der Waals surface area contributed by atoms with E-state index in [2.05, 4.69) is 15.0 Å². The molecular weight excluding hydrogens is 252 g/mol. The van der Waals surface area contributed by atoms with E-state index in [1.165, 1.54) is 6.33 Å². The van der Waals surface area contributed by atoms with E-state index in [9.17, 15) is 4.79 Å². The maximum atomic E-state index is 12.3. The number of Topliss-reactive ketones (excluding diaryl/α,β-unsaturated/α-hetero) is 1. The van der Waals surface area contributed by atoms with E-state index < -0.39 is 0 Å². The molecule has 0 radical (unpaired) electrons. The molecule has 0 aliphatic heterocycles. The van der Waals surface area contributed by atoms with Crippen molar-refractivity contribution in [1.82, 2.24) is 19.5 Å². The number of imidazole rings is 1. The average Bonchev–Trinajstić information content (AvgIpc) is 2.74. The first-order valence-electron chi connectivity index (χ1n) is 6.36. The van der Waals surface area contributed by atoms with Crippen LogP contribution in [0.25, 0.3) is 11.0 Å². The largest absolute Gasteiger partial charge is 0.331 e. The lowest BCUT2D eigenvalue weighted by atomic mass is 10.1. The molecule has 1 aromatic carbocycles. The van der Waals surface area contributed by atoms with E-state index in [1.807, 2.05) is 36.7 Å². The lowest BCUT2D eigenvalue weighted by Crippen LogP contribution is -2.05. The van der Waals surface area contributed by atoms with Crippen molar-refractivity contribution in [2.24, 2.45) is 7.05 Å². The zero-order chi connectivity index (χ0) is 14.1. The first-order chi connectivity index (χ1) is 9.65. The van der Waals surface area contributed by atoms with Gasteiger partial charge in [0.25, 0.3) is 0 Å². The van der Waals surface area contributed by atoms with Crippen LogP contribution >= 0.6 is 0 Å². The molecule has 0 saturated carbocycles. The van der Waals surface area contributed by atoms with Crippen LogP contribution in [0.1, 0.15) is 21.9 Å². The Hall–Kier alpha value is -2.56. The Bertz CT molecular complexity index is 777. The summed E-state index contributed by atoms with van der Waals surface area (Å²) in [4.78, 5) is 24.6. The third kappa shape index (κ3) is 2.18. The molecule has 20 heavy (non-hydrogen) atoms. The maximum Gasteiger partial charge on any atom is 0.168 e. The van der Waals surface area contributed by atoms with E-state index in [4.69, 9.17) is 0 Å². The van der Waals surface area contributed by atoms with Gasteiger partial charge >= 0.3 is 0 Å². The quantitative estimate of drug-likeness (QED) is 0.681. The molecule has 100 valence electrons. The molecule has 0 aliphatic carbocycles. The molecule has 3 rings (SSSR count). The maximum absolute atomic E-state index is 12.3. The number of hydrogen-bond acceptors (Lipinski definition) is 4. The molecule has 3 aromatic rings. The summed E-state index contributed by atoms with van der Waals surface area (Å²) in [5, 5.41) is 0. The fourth-order valence-electron chi connectivity index (χ4n) is 2.18. The minimum absolute atomic E-state index is 0.0360. The molecule has 0 saturated heterocycles. The molecule has 0 bridgehead atoms. The average molecular weight is 266 g/mol. The highest BCUT2D eigenvalue weighted by Gasteiger charge is 2.11. The summed E-state index contributed by atoms with van der Waals surface area (Å²) in [6, 6.07) is 7.36. The summed E-state index contributed by atoms with van der Waals surface area (Å²) < 4.78 is 2.01. The second kappa shape index (κ2) is 4.85. The van der Waals surface area contributed by atoms with Crippen LogP contribution in [0.5, 0.6) is 0 Å². The number of aromatic nitrogens is 4. The highest BCUT2D eigenvalue weighted by atomic mass is 16.1. The van der Waals surface area contributed by atoms with Gasteiger partial charge < -0.3 is 4.57 Å². The molecular formula is C15H14N4O. The van der Waals surface area contributed by atoms with Crippen LogP contribution in [0.4, 0.5) is 0 Å². The Labute approximate surface area is 116 Å². The molecule has 0 N–H and O–H groups in total. The van der Waals surface area contributed by atoms with Gasteiger partial charge in [-0.3, -0.25) is 4.79 Å². The van der Waals surface area contributed by atoms with Gasteiger partial charge in [0.15, 0.2) is 5.78 Å². The van der Waals surface area contributed by atoms with Crippen molar-refractivity contribution in [1.29, 1.82) is 0 Å². The van der Waals surface area contributed by atoms with Crippen molar-refractivity contribution in [2.45, 2.75) is 13.3 Å². The first-order valence-corrected chi connectivity index (χ1v) is 6.36. The van der Waals surface area contributed by atoms with Crippen molar-refractivity contribution >= 4 is 16.8 Å². The summed E-state index contributed by atoms with van der Waals surface area (Å²) >= 11 is 0. The molecule has 0 spiro atoms. The Balaban J connectivity index is 1.92. The molecule has 0 atom stereocenters. The topological polar surface area (TPSA) is 60.7 Å². The van der Waals surface area contributed by atoms with Gasteiger partial charge in [-0.05, 0) is 31.2 Å². The Kier molecular flexibility index (Phi) is 3.02. The number of fused-ring (bicyclic) bond motifs is 1. The number of nitrogens with zero attached hydrogens (tertiary/aromatic N) is 4. The van der Waals surface area contributed by atoms with Gasteiger partial charge in [0.05, 0.1) is 23.1 Å². The molecule has 0 unspecified atom stereocenters. The summed E-state index contributed by atoms with van der Waals surface area (Å²) in [6.07, 6.45) is 3.37. The van der Waals surface area contributed by atoms with Crippen molar-refractivity contribution < 1.29 is 4.79 Å². The summed E-state index contributed by atoms with van der Waals surface area (Å²) in [5.74, 6) is 0.967. The van der Waals surface area contributed by atoms with Crippen LogP contribution < -0.4 is 0 Å². The molecule has 0 fully saturated rings. The van der Waals surface area contributed by atoms with E-state index in [1.54, 1.807) is 12.3 Å². The van der Waals surface area contributed by atoms with Gasteiger partial charge in [-0.2, -0.15) is 0 Å². The standard InChI is InChI=1S/C15H14N4O/c1-10-18-13-7-11(3-4-14(13)19(10)2)15(20)8-12-5-6-16-9-17-12/h3-7,9H,8H2,1-2H3. The van der Waals surface area contributed by atoms with Crippen LogP contribution in [-0.4, -0.2) is 25.3 Å². The van der Waals surface area contributed by atoms with Crippen molar-refractivity contribution in [3.8, 4) is 0 Å². The highest BCUT2D eigenvalue weighted by molar-refractivity contribution is 5.99. The molecule has 0 amide bonds. The van der Waals surface area contributed by atoms with Gasteiger partial charge in [0, 0.05) is 18.8 Å². The Morgan fingerprint density at radius 2 is 2.15 bits per heavy atom. The Morgan fingerprint density at radius 1 is 1.30 bits per heavy atom. The fraction of sp³-hybridized carbons (Fsp3) is 0.200. The van der Waals surface area contributed by atoms with E-state index in [0.717, 1.165) is 22.6 Å². The summed E-state index contributed by atoms with van der Waals surface area (Å²) in [6.45, 7) is 1.95. The zero-order valence-corrected chi connectivity index (χ0v) is 11.4. The van der Waals surface area contributed by atoms with Gasteiger partial charge in [-0.1, -0.05) is 0 Å². The first kappa shape index (κ1) is 12.5. The molecule has 5 nitrogen and oxygen atoms in total. The molecule has 5 heteroatoms. The molecule has 2 aromatic heterocycles. The van der Waals surface area contributed by atoms with Crippen LogP contribution in [0.3, 0.4) is 0 Å². The number of aryl methyl sites for hydroxylation is 2. The van der Waals surface area contributed by atoms with Crippen LogP contribution in [0, 0.1) is 6.92 Å². The number of carbonyl (C=O) groups excluding carboxylic acids is 1. The highest BCUT2D eigenvalue weighted by Crippen LogP contribution is 2.17. The smallest absolute Gasteiger partial charge is 0.168 e. The third-order valence-electron chi connectivity index (χ3n) is 3.41. The Morgan fingerprint density at radius 3 is 2.90 bits per heavy atom. The lowest BCUT2D eigenvalue weighted by molar-refractivity contribution is 0.0992. The van der Waals surface area contributed by atoms with Crippen LogP contribution in [0.2, 0.25) is 0 Å². The van der Waals surface area contributed by atoms with Crippen molar-refractivity contribution in [2.75, 3.05) is 0 Å². The lowest BCUT2D eigenvalue weighted by Gasteiger charge is -2.01. The molecule has 0 aliphatic rings. The van der Waals surface area contributed by atoms with E-state index in [0.29, 0.717) is 5.56 Å². The minimum atomic E-state index is 0.0360. The van der Waals surface area contributed by atoms with Gasteiger partial charge in [0.2, 0.25) is 0 Å². The number of hydrogen-bond donors (Lipinski definition) is 0. The van der Waals surface area contributed by atoms with Crippen molar-refractivity contribution in [3.63, 3.8) is 0 Å². The normalized spacial score (nSPS) is 10.9. The van der Waals surface area contributed by atoms with Crippen molar-refractivity contribution in [3.05, 3.63) is 53.9 Å². The second-order valence-corrected chi connectivity index (χ2v) is 4.72. The molecule has 2 heterocycles. The van der Waals surface area contributed by atoms with E-state index in [-0.39, 0.29) is 12.2 Å². The monoisotopic (exact) mass is 266 g/mol. The second-order valence-electron chi connectivity index (χ2n) is 4.72. The minimum Gasteiger partial charge on any atom is -0.331 e. The number of benzene rings is 1. The van der Waals surface area contributed by atoms with Gasteiger partial charge in [0.1, 0.15) is 12.2 Å². The fourth-order valence-corrected chi connectivity index (χ4v) is 2.18.